The third-order valence-electron chi connectivity index (χ3n) is 17.5. The number of anilines is 1. The average molecular weight is 1350 g/mol. The third kappa shape index (κ3) is 23.9. The van der Waals surface area contributed by atoms with E-state index in [0.717, 1.165) is 4.90 Å². The Morgan fingerprint density at radius 1 is 0.719 bits per heavy atom. The van der Waals surface area contributed by atoms with Crippen molar-refractivity contribution in [2.75, 3.05) is 79.7 Å². The molecule has 4 rings (SSSR count). The van der Waals surface area contributed by atoms with Crippen LogP contribution in [0.5, 0.6) is 0 Å². The van der Waals surface area contributed by atoms with E-state index >= 15 is 0 Å². The molecule has 2 aromatic carbocycles. The lowest BCUT2D eigenvalue weighted by atomic mass is 9.89. The van der Waals surface area contributed by atoms with Crippen LogP contribution in [0.25, 0.3) is 0 Å². The van der Waals surface area contributed by atoms with E-state index in [-0.39, 0.29) is 76.5 Å². The number of hydrogen-bond acceptors (Lipinski definition) is 17. The molecule has 28 heteroatoms. The van der Waals surface area contributed by atoms with Gasteiger partial charge >= 0.3 is 12.1 Å². The number of urea groups is 1. The van der Waals surface area contributed by atoms with Gasteiger partial charge in [-0.05, 0) is 79.5 Å². The molecule has 9 N–H and O–H groups in total. The molecule has 1 unspecified atom stereocenters. The highest BCUT2D eigenvalue weighted by molar-refractivity contribution is 6.12. The number of likely N-dealkylation sites (tertiary alicyclic amines) is 1. The zero-order valence-electron chi connectivity index (χ0n) is 58.3. The van der Waals surface area contributed by atoms with E-state index in [1.165, 1.54) is 38.3 Å². The maximum absolute atomic E-state index is 14.8. The zero-order chi connectivity index (χ0) is 71.5. The van der Waals surface area contributed by atoms with Crippen LogP contribution in [0.4, 0.5) is 15.3 Å². The highest BCUT2D eigenvalue weighted by atomic mass is 16.6. The SMILES string of the molecule is CC[C@H](C)[C@@H]([C@@H](CC(=O)N1CCC[C@H]1C(OC)[C@@H](C)C(=O)N[C@H](C)[C@@H](O)c1ccccc1)OC)N(C)C(=O)[C@@H](NC(=O)[C@H](C(C)C)N(C)C(=O)OCc1ccc(NC(=O)[C@H](CCCNC(N)=O)NC(=O)[C@@H](NC(=O)COCCOCCN2C(=O)C=CC2=O)C(C)C)cc1)C(C)C. The van der Waals surface area contributed by atoms with Gasteiger partial charge in [0.15, 0.2) is 0 Å². The number of likely N-dealkylation sites (N-methyl/N-ethyl adjacent to an activating group) is 2. The van der Waals surface area contributed by atoms with Crippen LogP contribution in [0.15, 0.2) is 66.7 Å². The quantitative estimate of drug-likeness (QED) is 0.0349. The molecule has 1 fully saturated rings. The van der Waals surface area contributed by atoms with Gasteiger partial charge in [-0.15, -0.1) is 0 Å². The first kappa shape index (κ1) is 80.4. The number of methoxy groups -OCH3 is 2. The van der Waals surface area contributed by atoms with Crippen molar-refractivity contribution in [1.82, 2.24) is 46.2 Å². The van der Waals surface area contributed by atoms with Crippen molar-refractivity contribution < 1.29 is 81.5 Å². The van der Waals surface area contributed by atoms with Gasteiger partial charge in [-0.2, -0.15) is 0 Å². The number of ether oxygens (including phenoxy) is 5. The molecule has 12 amide bonds. The Morgan fingerprint density at radius 2 is 1.35 bits per heavy atom. The summed E-state index contributed by atoms with van der Waals surface area (Å²) in [5, 5.41) is 27.4. The number of amides is 12. The van der Waals surface area contributed by atoms with Gasteiger partial charge in [0, 0.05) is 59.2 Å². The van der Waals surface area contributed by atoms with Crippen LogP contribution < -0.4 is 37.6 Å². The summed E-state index contributed by atoms with van der Waals surface area (Å²) in [6.45, 7) is 18.0. The van der Waals surface area contributed by atoms with Gasteiger partial charge in [-0.3, -0.25) is 53.0 Å². The molecule has 1 saturated heterocycles. The van der Waals surface area contributed by atoms with Gasteiger partial charge in [0.05, 0.1) is 75.1 Å². The van der Waals surface area contributed by atoms with Gasteiger partial charge in [0.2, 0.25) is 41.4 Å². The Labute approximate surface area is 564 Å². The number of nitrogens with zero attached hydrogens (tertiary/aromatic N) is 4. The Bertz CT molecular complexity index is 2920. The molecule has 0 radical (unpaired) electrons. The van der Waals surface area contributed by atoms with E-state index in [1.807, 2.05) is 32.0 Å². The maximum Gasteiger partial charge on any atom is 0.410 e. The number of hydrogen-bond donors (Lipinski definition) is 8. The standard InChI is InChI=1S/C68H105N11O17/c1-15-43(8)59(51(92-13)37-55(83)78-32-20-24-50(78)61(93-14)44(9)62(85)71-45(10)60(84)47-21-17-16-18-22-47)76(11)66(89)57(41(4)5)75-65(88)58(42(6)7)77(12)68(91)96-38-46-25-27-48(28-26-46)72-63(86)49(23-19-31-70-67(69)90)73-64(87)56(40(2)3)74-52(80)39-95-36-35-94-34-33-79-53(81)29-30-54(79)82/h16-18,21-22,25-30,40-45,49-51,56-61,84H,15,19-20,23-24,31-39H2,1-14H3,(H,71,85)(H,72,86)(H,73,87)(H,74,80)(H,75,88)(H3,69,70,90)/t43-,44+,45+,49-,50-,51+,56-,57-,58-,59-,60+,61?/m0/s1. The van der Waals surface area contributed by atoms with Crippen LogP contribution in [0, 0.1) is 29.6 Å². The lowest BCUT2D eigenvalue weighted by Crippen LogP contribution is -2.60. The number of rotatable bonds is 40. The predicted molar refractivity (Wildman–Crippen MR) is 357 cm³/mol. The summed E-state index contributed by atoms with van der Waals surface area (Å²) in [5.74, 6) is -6.52. The Kier molecular flexibility index (Phi) is 33.4. The fourth-order valence-electron chi connectivity index (χ4n) is 11.8. The summed E-state index contributed by atoms with van der Waals surface area (Å²) >= 11 is 0. The summed E-state index contributed by atoms with van der Waals surface area (Å²) in [5.41, 5.74) is 6.73. The van der Waals surface area contributed by atoms with E-state index in [2.05, 4.69) is 31.9 Å². The Balaban J connectivity index is 1.36. The monoisotopic (exact) mass is 1350 g/mol. The number of nitrogens with two attached hydrogens (primary N) is 1. The first-order valence-electron chi connectivity index (χ1n) is 33.0. The lowest BCUT2D eigenvalue weighted by molar-refractivity contribution is -0.148. The second kappa shape index (κ2) is 39.9. The smallest absolute Gasteiger partial charge is 0.410 e. The Hall–Kier alpha value is -8.05. The van der Waals surface area contributed by atoms with E-state index in [4.69, 9.17) is 29.4 Å². The van der Waals surface area contributed by atoms with E-state index in [0.29, 0.717) is 42.6 Å². The van der Waals surface area contributed by atoms with Crippen LogP contribution in [-0.4, -0.2) is 219 Å². The molecule has 0 spiro atoms. The van der Waals surface area contributed by atoms with Crippen molar-refractivity contribution in [3.05, 3.63) is 77.9 Å². The van der Waals surface area contributed by atoms with Crippen molar-refractivity contribution in [3.8, 4) is 0 Å². The summed E-state index contributed by atoms with van der Waals surface area (Å²) < 4.78 is 28.5. The summed E-state index contributed by atoms with van der Waals surface area (Å²) in [7, 11) is 6.06. The predicted octanol–water partition coefficient (Wildman–Crippen LogP) is 3.55. The van der Waals surface area contributed by atoms with Gasteiger partial charge in [-0.25, -0.2) is 9.59 Å². The molecule has 96 heavy (non-hydrogen) atoms. The lowest BCUT2D eigenvalue weighted by Gasteiger charge is -2.41. The molecule has 2 aliphatic heterocycles. The first-order chi connectivity index (χ1) is 45.5. The van der Waals surface area contributed by atoms with Gasteiger partial charge < -0.3 is 76.2 Å². The number of carbonyl (C=O) groups excluding carboxylic acids is 11. The maximum atomic E-state index is 14.8. The second-order valence-corrected chi connectivity index (χ2v) is 25.6. The Morgan fingerprint density at radius 3 is 1.94 bits per heavy atom. The summed E-state index contributed by atoms with van der Waals surface area (Å²) in [4.78, 5) is 152. The van der Waals surface area contributed by atoms with Gasteiger partial charge in [0.1, 0.15) is 37.4 Å². The third-order valence-corrected chi connectivity index (χ3v) is 17.5. The molecule has 2 aromatic rings. The largest absolute Gasteiger partial charge is 0.445 e. The van der Waals surface area contributed by atoms with Crippen molar-refractivity contribution >= 4 is 71.0 Å². The molecule has 0 saturated carbocycles. The molecular formula is C68H105N11O17. The van der Waals surface area contributed by atoms with Crippen LogP contribution in [0.2, 0.25) is 0 Å². The minimum absolute atomic E-state index is 0.00291. The fraction of sp³-hybridized carbons (Fsp3) is 0.632. The van der Waals surface area contributed by atoms with Gasteiger partial charge in [-0.1, -0.05) is 111 Å². The number of aliphatic hydroxyl groups is 1. The van der Waals surface area contributed by atoms with Crippen LogP contribution in [0.1, 0.15) is 125 Å². The molecular weight excluding hydrogens is 1240 g/mol. The first-order valence-corrected chi connectivity index (χ1v) is 33.0. The minimum Gasteiger partial charge on any atom is -0.445 e. The molecule has 0 aromatic heterocycles. The molecule has 28 nitrogen and oxygen atoms in total. The van der Waals surface area contributed by atoms with Crippen molar-refractivity contribution in [2.45, 2.75) is 175 Å². The number of benzene rings is 2. The summed E-state index contributed by atoms with van der Waals surface area (Å²) in [6.07, 6.45) is 1.19. The van der Waals surface area contributed by atoms with Crippen molar-refractivity contribution in [2.24, 2.45) is 35.3 Å². The molecule has 534 valence electrons. The van der Waals surface area contributed by atoms with Crippen molar-refractivity contribution in [1.29, 1.82) is 0 Å². The molecule has 0 bridgehead atoms. The van der Waals surface area contributed by atoms with Crippen LogP contribution >= 0.6 is 0 Å². The highest BCUT2D eigenvalue weighted by Gasteiger charge is 2.44. The molecule has 2 aliphatic rings. The minimum atomic E-state index is -1.15. The van der Waals surface area contributed by atoms with E-state index in [1.54, 1.807) is 109 Å². The highest BCUT2D eigenvalue weighted by Crippen LogP contribution is 2.31. The fourth-order valence-corrected chi connectivity index (χ4v) is 11.8. The van der Waals surface area contributed by atoms with Crippen LogP contribution in [0.3, 0.4) is 0 Å². The van der Waals surface area contributed by atoms with Gasteiger partial charge in [0.25, 0.3) is 11.8 Å². The normalized spacial score (nSPS) is 17.3. The van der Waals surface area contributed by atoms with Crippen LogP contribution in [-0.2, 0) is 73.4 Å². The number of imide groups is 1. The van der Waals surface area contributed by atoms with E-state index in [9.17, 15) is 57.8 Å². The molecule has 12 atom stereocenters. The zero-order valence-corrected chi connectivity index (χ0v) is 58.3. The average Bonchev–Trinajstić information content (AvgIpc) is 1.48. The number of aliphatic hydroxyl groups excluding tert-OH is 1. The molecule has 2 heterocycles. The summed E-state index contributed by atoms with van der Waals surface area (Å²) in [6, 6.07) is 8.53. The second-order valence-electron chi connectivity index (χ2n) is 25.6. The topological polar surface area (TPSA) is 365 Å². The van der Waals surface area contributed by atoms with E-state index < -0.39 is 144 Å². The number of carbonyl (C=O) groups is 11. The molecule has 0 aliphatic carbocycles. The van der Waals surface area contributed by atoms with Crippen molar-refractivity contribution in [3.63, 3.8) is 0 Å². The number of nitrogens with one attached hydrogen (secondary N) is 6. The number of primary amides is 1.